The van der Waals surface area contributed by atoms with E-state index in [2.05, 4.69) is 29.2 Å². The summed E-state index contributed by atoms with van der Waals surface area (Å²) in [5.74, 6) is -0.455. The van der Waals surface area contributed by atoms with Crippen LogP contribution in [0.15, 0.2) is 54.6 Å². The highest BCUT2D eigenvalue weighted by molar-refractivity contribution is 5.91. The molecule has 0 bridgehead atoms. The number of carbonyl (C=O) groups is 2. The van der Waals surface area contributed by atoms with Crippen LogP contribution in [0.3, 0.4) is 0 Å². The van der Waals surface area contributed by atoms with Crippen LogP contribution in [0.5, 0.6) is 0 Å². The first-order valence-corrected chi connectivity index (χ1v) is 10.3. The molecule has 30 heavy (non-hydrogen) atoms. The zero-order valence-corrected chi connectivity index (χ0v) is 17.3. The fourth-order valence-corrected chi connectivity index (χ4v) is 4.21. The number of para-hydroxylation sites is 1. The molecule has 0 spiro atoms. The molecule has 6 nitrogen and oxygen atoms in total. The van der Waals surface area contributed by atoms with Gasteiger partial charge in [0, 0.05) is 36.7 Å². The SMILES string of the molecule is CCOC1[C@@H](OC(C)=O)CC(=O)N1CCc1c(-c2ccccc2)[nH]c2ccccc12. The lowest BCUT2D eigenvalue weighted by Gasteiger charge is -2.27. The molecule has 4 rings (SSSR count). The molecular formula is C24H26N2O4. The van der Waals surface area contributed by atoms with Gasteiger partial charge in [-0.25, -0.2) is 0 Å². The predicted molar refractivity (Wildman–Crippen MR) is 115 cm³/mol. The van der Waals surface area contributed by atoms with Crippen LogP contribution in [-0.2, 0) is 25.5 Å². The smallest absolute Gasteiger partial charge is 0.303 e. The van der Waals surface area contributed by atoms with Crippen molar-refractivity contribution in [1.29, 1.82) is 0 Å². The summed E-state index contributed by atoms with van der Waals surface area (Å²) in [5, 5.41) is 1.15. The van der Waals surface area contributed by atoms with Crippen LogP contribution in [0.4, 0.5) is 0 Å². The summed E-state index contributed by atoms with van der Waals surface area (Å²) in [4.78, 5) is 29.4. The minimum absolute atomic E-state index is 0.0548. The Bertz CT molecular complexity index is 1040. The number of carbonyl (C=O) groups excluding carboxylic acids is 2. The van der Waals surface area contributed by atoms with Crippen LogP contribution >= 0.6 is 0 Å². The number of benzene rings is 2. The van der Waals surface area contributed by atoms with E-state index in [-0.39, 0.29) is 12.3 Å². The van der Waals surface area contributed by atoms with Gasteiger partial charge < -0.3 is 19.4 Å². The maximum atomic E-state index is 12.7. The molecule has 2 heterocycles. The number of rotatable bonds is 7. The second-order valence-electron chi connectivity index (χ2n) is 7.43. The molecule has 1 aliphatic heterocycles. The number of nitrogens with zero attached hydrogens (tertiary/aromatic N) is 1. The maximum absolute atomic E-state index is 12.7. The largest absolute Gasteiger partial charge is 0.457 e. The Morgan fingerprint density at radius 1 is 1.13 bits per heavy atom. The Morgan fingerprint density at radius 2 is 1.87 bits per heavy atom. The second-order valence-corrected chi connectivity index (χ2v) is 7.43. The van der Waals surface area contributed by atoms with Crippen LogP contribution < -0.4 is 0 Å². The maximum Gasteiger partial charge on any atom is 0.303 e. The molecule has 1 aromatic heterocycles. The van der Waals surface area contributed by atoms with Crippen molar-refractivity contribution >= 4 is 22.8 Å². The fraction of sp³-hybridized carbons (Fsp3) is 0.333. The van der Waals surface area contributed by atoms with E-state index in [0.717, 1.165) is 27.7 Å². The summed E-state index contributed by atoms with van der Waals surface area (Å²) < 4.78 is 11.1. The third-order valence-electron chi connectivity index (χ3n) is 5.45. The van der Waals surface area contributed by atoms with E-state index in [1.165, 1.54) is 6.92 Å². The van der Waals surface area contributed by atoms with E-state index in [1.807, 2.05) is 37.3 Å². The summed E-state index contributed by atoms with van der Waals surface area (Å²) in [6.07, 6.45) is -0.289. The van der Waals surface area contributed by atoms with E-state index in [9.17, 15) is 9.59 Å². The molecule has 1 N–H and O–H groups in total. The zero-order valence-electron chi connectivity index (χ0n) is 17.3. The number of H-pyrrole nitrogens is 1. The molecular weight excluding hydrogens is 380 g/mol. The third kappa shape index (κ3) is 3.96. The number of hydrogen-bond acceptors (Lipinski definition) is 4. The van der Waals surface area contributed by atoms with Crippen LogP contribution in [0.2, 0.25) is 0 Å². The van der Waals surface area contributed by atoms with E-state index in [1.54, 1.807) is 4.90 Å². The zero-order chi connectivity index (χ0) is 21.1. The number of fused-ring (bicyclic) bond motifs is 1. The van der Waals surface area contributed by atoms with E-state index >= 15 is 0 Å². The van der Waals surface area contributed by atoms with Crippen LogP contribution in [0, 0.1) is 0 Å². The van der Waals surface area contributed by atoms with Gasteiger partial charge in [-0.15, -0.1) is 0 Å². The van der Waals surface area contributed by atoms with Gasteiger partial charge in [0.15, 0.2) is 12.3 Å². The second kappa shape index (κ2) is 8.71. The number of aromatic nitrogens is 1. The first kappa shape index (κ1) is 20.2. The van der Waals surface area contributed by atoms with Crippen molar-refractivity contribution in [2.75, 3.05) is 13.2 Å². The summed E-state index contributed by atoms with van der Waals surface area (Å²) >= 11 is 0. The Hall–Kier alpha value is -3.12. The van der Waals surface area contributed by atoms with Gasteiger partial charge in [0.05, 0.1) is 6.42 Å². The molecule has 2 atom stereocenters. The number of amides is 1. The predicted octanol–water partition coefficient (Wildman–Crippen LogP) is 3.90. The summed E-state index contributed by atoms with van der Waals surface area (Å²) in [5.41, 5.74) is 4.40. The standard InChI is InChI=1S/C24H26N2O4/c1-3-29-24-21(30-16(2)27)15-22(28)26(24)14-13-19-18-11-7-8-12-20(18)25-23(19)17-9-5-4-6-10-17/h4-12,21,24-25H,3,13-15H2,1-2H3/t21-,24?/m0/s1. The third-order valence-corrected chi connectivity index (χ3v) is 5.45. The number of nitrogens with one attached hydrogen (secondary N) is 1. The average molecular weight is 406 g/mol. The van der Waals surface area contributed by atoms with Crippen molar-refractivity contribution in [2.24, 2.45) is 0 Å². The topological polar surface area (TPSA) is 71.6 Å². The average Bonchev–Trinajstić information content (AvgIpc) is 3.24. The number of esters is 1. The molecule has 1 amide bonds. The minimum Gasteiger partial charge on any atom is -0.457 e. The lowest BCUT2D eigenvalue weighted by atomic mass is 10.0. The monoisotopic (exact) mass is 406 g/mol. The molecule has 1 unspecified atom stereocenters. The normalized spacial score (nSPS) is 18.9. The van der Waals surface area contributed by atoms with Gasteiger partial charge in [-0.2, -0.15) is 0 Å². The van der Waals surface area contributed by atoms with E-state index in [4.69, 9.17) is 9.47 Å². The molecule has 3 aromatic rings. The molecule has 0 saturated carbocycles. The molecule has 1 aliphatic rings. The highest BCUT2D eigenvalue weighted by Gasteiger charge is 2.42. The van der Waals surface area contributed by atoms with Crippen molar-refractivity contribution in [3.8, 4) is 11.3 Å². The molecule has 6 heteroatoms. The van der Waals surface area contributed by atoms with Gasteiger partial charge in [-0.05, 0) is 30.5 Å². The van der Waals surface area contributed by atoms with Crippen molar-refractivity contribution in [2.45, 2.75) is 39.0 Å². The van der Waals surface area contributed by atoms with Gasteiger partial charge in [-0.3, -0.25) is 9.59 Å². The fourth-order valence-electron chi connectivity index (χ4n) is 4.21. The Kier molecular flexibility index (Phi) is 5.86. The van der Waals surface area contributed by atoms with Gasteiger partial charge >= 0.3 is 5.97 Å². The van der Waals surface area contributed by atoms with E-state index < -0.39 is 18.3 Å². The summed E-state index contributed by atoms with van der Waals surface area (Å²) in [7, 11) is 0. The first-order chi connectivity index (χ1) is 14.6. The van der Waals surface area contributed by atoms with Crippen molar-refractivity contribution < 1.29 is 19.1 Å². The summed E-state index contributed by atoms with van der Waals surface area (Å²) in [6.45, 7) is 4.16. The van der Waals surface area contributed by atoms with Gasteiger partial charge in [0.1, 0.15) is 0 Å². The molecule has 156 valence electrons. The summed E-state index contributed by atoms with van der Waals surface area (Å²) in [6, 6.07) is 18.4. The number of hydrogen-bond donors (Lipinski definition) is 1. The van der Waals surface area contributed by atoms with Gasteiger partial charge in [0.25, 0.3) is 0 Å². The number of ether oxygens (including phenoxy) is 2. The quantitative estimate of drug-likeness (QED) is 0.604. The highest BCUT2D eigenvalue weighted by Crippen LogP contribution is 2.32. The lowest BCUT2D eigenvalue weighted by molar-refractivity contribution is -0.160. The molecule has 0 radical (unpaired) electrons. The van der Waals surface area contributed by atoms with Crippen LogP contribution in [-0.4, -0.2) is 47.2 Å². The van der Waals surface area contributed by atoms with Crippen molar-refractivity contribution in [3.63, 3.8) is 0 Å². The van der Waals surface area contributed by atoms with Crippen molar-refractivity contribution in [3.05, 3.63) is 60.2 Å². The Balaban J connectivity index is 1.63. The molecule has 1 saturated heterocycles. The van der Waals surface area contributed by atoms with Gasteiger partial charge in [-0.1, -0.05) is 48.5 Å². The Labute approximate surface area is 175 Å². The van der Waals surface area contributed by atoms with Gasteiger partial charge in [0.2, 0.25) is 5.91 Å². The van der Waals surface area contributed by atoms with E-state index in [0.29, 0.717) is 19.6 Å². The Morgan fingerprint density at radius 3 is 2.60 bits per heavy atom. The molecule has 0 aliphatic carbocycles. The highest BCUT2D eigenvalue weighted by atomic mass is 16.6. The molecule has 2 aromatic carbocycles. The minimum atomic E-state index is -0.563. The number of likely N-dealkylation sites (tertiary alicyclic amines) is 1. The molecule has 1 fully saturated rings. The van der Waals surface area contributed by atoms with Crippen molar-refractivity contribution in [1.82, 2.24) is 9.88 Å². The lowest BCUT2D eigenvalue weighted by Crippen LogP contribution is -2.41. The van der Waals surface area contributed by atoms with Crippen LogP contribution in [0.25, 0.3) is 22.2 Å². The van der Waals surface area contributed by atoms with Crippen LogP contribution in [0.1, 0.15) is 25.8 Å². The number of aromatic amines is 1. The first-order valence-electron chi connectivity index (χ1n) is 10.3.